The van der Waals surface area contributed by atoms with Gasteiger partial charge in [-0.1, -0.05) is 0 Å². The maximum absolute atomic E-state index is 11.6. The van der Waals surface area contributed by atoms with E-state index in [0.717, 1.165) is 17.9 Å². The quantitative estimate of drug-likeness (QED) is 0.831. The van der Waals surface area contributed by atoms with Crippen LogP contribution in [0.4, 0.5) is 0 Å². The molecule has 1 aliphatic heterocycles. The molecule has 1 aliphatic rings. The molecule has 1 atom stereocenters. The van der Waals surface area contributed by atoms with E-state index < -0.39 is 5.97 Å². The molecule has 1 saturated heterocycles. The molecule has 0 saturated carbocycles. The average Bonchev–Trinajstić information content (AvgIpc) is 2.86. The van der Waals surface area contributed by atoms with Crippen molar-refractivity contribution in [2.45, 2.75) is 12.5 Å². The Morgan fingerprint density at radius 3 is 2.75 bits per heavy atom. The van der Waals surface area contributed by atoms with Gasteiger partial charge in [-0.2, -0.15) is 11.8 Å². The third-order valence-electron chi connectivity index (χ3n) is 2.31. The summed E-state index contributed by atoms with van der Waals surface area (Å²) in [6.45, 7) is 0. The van der Waals surface area contributed by atoms with E-state index in [0.29, 0.717) is 0 Å². The van der Waals surface area contributed by atoms with Gasteiger partial charge >= 0.3 is 5.97 Å². The summed E-state index contributed by atoms with van der Waals surface area (Å²) >= 11 is 1.79. The Morgan fingerprint density at radius 2 is 2.19 bits per heavy atom. The topological polar surface area (TPSA) is 79.5 Å². The van der Waals surface area contributed by atoms with Crippen LogP contribution in [-0.4, -0.2) is 34.5 Å². The summed E-state index contributed by atoms with van der Waals surface area (Å²) < 4.78 is 4.90. The number of amides is 1. The van der Waals surface area contributed by atoms with Gasteiger partial charge in [0.15, 0.2) is 5.76 Å². The lowest BCUT2D eigenvalue weighted by Gasteiger charge is -2.08. The lowest BCUT2D eigenvalue weighted by molar-refractivity contribution is 0.0659. The fraction of sp³-hybridized carbons (Fsp3) is 0.400. The van der Waals surface area contributed by atoms with Crippen LogP contribution in [0.15, 0.2) is 16.5 Å². The Balaban J connectivity index is 1.99. The molecule has 1 unspecified atom stereocenters. The highest BCUT2D eigenvalue weighted by atomic mass is 32.2. The van der Waals surface area contributed by atoms with Crippen LogP contribution in [0, 0.1) is 0 Å². The monoisotopic (exact) mass is 241 g/mol. The molecule has 6 heteroatoms. The minimum Gasteiger partial charge on any atom is -0.475 e. The first kappa shape index (κ1) is 11.1. The Labute approximate surface area is 96.2 Å². The predicted octanol–water partition coefficient (Wildman–Crippen LogP) is 1.21. The van der Waals surface area contributed by atoms with Crippen LogP contribution in [0.1, 0.15) is 27.5 Å². The van der Waals surface area contributed by atoms with Crippen molar-refractivity contribution in [3.05, 3.63) is 23.7 Å². The summed E-state index contributed by atoms with van der Waals surface area (Å²) in [7, 11) is 0. The second-order valence-electron chi connectivity index (χ2n) is 3.50. The molecule has 2 heterocycles. The zero-order chi connectivity index (χ0) is 11.5. The summed E-state index contributed by atoms with van der Waals surface area (Å²) in [5.41, 5.74) is 0. The molecule has 86 valence electrons. The highest BCUT2D eigenvalue weighted by Gasteiger charge is 2.21. The molecule has 1 fully saturated rings. The zero-order valence-electron chi connectivity index (χ0n) is 8.43. The Bertz CT molecular complexity index is 409. The van der Waals surface area contributed by atoms with E-state index in [-0.39, 0.29) is 23.5 Å². The molecule has 1 amide bonds. The number of carbonyl (C=O) groups excluding carboxylic acids is 1. The number of hydrogen-bond donors (Lipinski definition) is 2. The van der Waals surface area contributed by atoms with Crippen molar-refractivity contribution in [3.8, 4) is 0 Å². The number of carboxylic acids is 1. The molecular formula is C10H11NO4S. The van der Waals surface area contributed by atoms with Crippen LogP contribution in [0.25, 0.3) is 0 Å². The summed E-state index contributed by atoms with van der Waals surface area (Å²) in [6, 6.07) is 2.82. The van der Waals surface area contributed by atoms with Crippen molar-refractivity contribution in [1.29, 1.82) is 0 Å². The fourth-order valence-corrected chi connectivity index (χ4v) is 2.63. The summed E-state index contributed by atoms with van der Waals surface area (Å²) in [5.74, 6) is 0.262. The second-order valence-corrected chi connectivity index (χ2v) is 4.65. The van der Waals surface area contributed by atoms with E-state index in [1.807, 2.05) is 0 Å². The van der Waals surface area contributed by atoms with E-state index in [1.54, 1.807) is 11.8 Å². The van der Waals surface area contributed by atoms with E-state index in [2.05, 4.69) is 5.32 Å². The highest BCUT2D eigenvalue weighted by Crippen LogP contribution is 2.17. The van der Waals surface area contributed by atoms with Gasteiger partial charge in [0.1, 0.15) is 0 Å². The van der Waals surface area contributed by atoms with Gasteiger partial charge < -0.3 is 14.8 Å². The minimum atomic E-state index is -1.17. The molecule has 1 aromatic rings. The summed E-state index contributed by atoms with van der Waals surface area (Å²) in [4.78, 5) is 22.2. The molecule has 1 aromatic heterocycles. The van der Waals surface area contributed by atoms with Crippen LogP contribution in [0.3, 0.4) is 0 Å². The van der Waals surface area contributed by atoms with Gasteiger partial charge in [-0.05, 0) is 24.3 Å². The number of nitrogens with one attached hydrogen (secondary N) is 1. The molecule has 2 N–H and O–H groups in total. The Hall–Kier alpha value is -1.43. The largest absolute Gasteiger partial charge is 0.475 e. The van der Waals surface area contributed by atoms with Crippen LogP contribution in [0.5, 0.6) is 0 Å². The van der Waals surface area contributed by atoms with Gasteiger partial charge in [-0.25, -0.2) is 4.79 Å². The standard InChI is InChI=1S/C10H11NO4S/c12-9(11-6-3-4-16-5-6)7-1-2-8(15-7)10(13)14/h1-2,6H,3-5H2,(H,11,12)(H,13,14). The lowest BCUT2D eigenvalue weighted by Crippen LogP contribution is -2.34. The van der Waals surface area contributed by atoms with E-state index >= 15 is 0 Å². The minimum absolute atomic E-state index is 0.0503. The van der Waals surface area contributed by atoms with Gasteiger partial charge in [0.25, 0.3) is 5.91 Å². The zero-order valence-corrected chi connectivity index (χ0v) is 9.25. The first-order chi connectivity index (χ1) is 7.66. The molecule has 0 bridgehead atoms. The summed E-state index contributed by atoms with van der Waals surface area (Å²) in [5, 5.41) is 11.4. The van der Waals surface area contributed by atoms with Gasteiger partial charge in [0.2, 0.25) is 5.76 Å². The van der Waals surface area contributed by atoms with Crippen molar-refractivity contribution < 1.29 is 19.1 Å². The SMILES string of the molecule is O=C(O)c1ccc(C(=O)NC2CCSC2)o1. The first-order valence-electron chi connectivity index (χ1n) is 4.88. The third kappa shape index (κ3) is 2.38. The van der Waals surface area contributed by atoms with E-state index in [4.69, 9.17) is 9.52 Å². The number of furan rings is 1. The maximum Gasteiger partial charge on any atom is 0.371 e. The van der Waals surface area contributed by atoms with Gasteiger partial charge in [0, 0.05) is 11.8 Å². The molecule has 0 aliphatic carbocycles. The molecule has 0 aromatic carbocycles. The molecule has 0 spiro atoms. The van der Waals surface area contributed by atoms with Gasteiger partial charge in [0.05, 0.1) is 0 Å². The maximum atomic E-state index is 11.6. The highest BCUT2D eigenvalue weighted by molar-refractivity contribution is 7.99. The van der Waals surface area contributed by atoms with Gasteiger partial charge in [-0.3, -0.25) is 4.79 Å². The smallest absolute Gasteiger partial charge is 0.371 e. The van der Waals surface area contributed by atoms with Crippen molar-refractivity contribution in [1.82, 2.24) is 5.32 Å². The van der Waals surface area contributed by atoms with Gasteiger partial charge in [-0.15, -0.1) is 0 Å². The number of aromatic carboxylic acids is 1. The van der Waals surface area contributed by atoms with Crippen molar-refractivity contribution in [3.63, 3.8) is 0 Å². The number of thioether (sulfide) groups is 1. The van der Waals surface area contributed by atoms with E-state index in [9.17, 15) is 9.59 Å². The van der Waals surface area contributed by atoms with E-state index in [1.165, 1.54) is 12.1 Å². The van der Waals surface area contributed by atoms with Crippen molar-refractivity contribution >= 4 is 23.6 Å². The van der Waals surface area contributed by atoms with Crippen molar-refractivity contribution in [2.24, 2.45) is 0 Å². The fourth-order valence-electron chi connectivity index (χ4n) is 1.48. The number of rotatable bonds is 3. The predicted molar refractivity (Wildman–Crippen MR) is 58.9 cm³/mol. The average molecular weight is 241 g/mol. The normalized spacial score (nSPS) is 19.6. The van der Waals surface area contributed by atoms with Crippen LogP contribution >= 0.6 is 11.8 Å². The number of carbonyl (C=O) groups is 2. The molecule has 0 radical (unpaired) electrons. The first-order valence-corrected chi connectivity index (χ1v) is 6.04. The third-order valence-corrected chi connectivity index (χ3v) is 3.47. The summed E-state index contributed by atoms with van der Waals surface area (Å²) in [6.07, 6.45) is 0.947. The van der Waals surface area contributed by atoms with Crippen molar-refractivity contribution in [2.75, 3.05) is 11.5 Å². The molecular weight excluding hydrogens is 230 g/mol. The Morgan fingerprint density at radius 1 is 1.44 bits per heavy atom. The lowest BCUT2D eigenvalue weighted by atomic mass is 10.2. The second kappa shape index (κ2) is 4.61. The van der Waals surface area contributed by atoms with Crippen LogP contribution < -0.4 is 5.32 Å². The Kier molecular flexibility index (Phi) is 3.19. The number of hydrogen-bond acceptors (Lipinski definition) is 4. The molecule has 5 nitrogen and oxygen atoms in total. The molecule has 2 rings (SSSR count). The van der Waals surface area contributed by atoms with Crippen LogP contribution in [-0.2, 0) is 0 Å². The number of carboxylic acid groups (broad SMARTS) is 1. The molecule has 16 heavy (non-hydrogen) atoms. The van der Waals surface area contributed by atoms with Crippen LogP contribution in [0.2, 0.25) is 0 Å².